The van der Waals surface area contributed by atoms with Gasteiger partial charge >= 0.3 is 6.03 Å². The van der Waals surface area contributed by atoms with Crippen molar-refractivity contribution in [3.05, 3.63) is 48.2 Å². The van der Waals surface area contributed by atoms with Gasteiger partial charge in [-0.2, -0.15) is 0 Å². The van der Waals surface area contributed by atoms with E-state index in [4.69, 9.17) is 9.47 Å². The topological polar surface area (TPSA) is 76.6 Å². The normalized spacial score (nSPS) is 23.0. The summed E-state index contributed by atoms with van der Waals surface area (Å²) in [6.07, 6.45) is 4.70. The summed E-state index contributed by atoms with van der Waals surface area (Å²) < 4.78 is 25.6. The van der Waals surface area contributed by atoms with Crippen molar-refractivity contribution in [2.45, 2.75) is 25.9 Å². The van der Waals surface area contributed by atoms with Crippen LogP contribution in [0.2, 0.25) is 0 Å². The van der Waals surface area contributed by atoms with Gasteiger partial charge in [0.15, 0.2) is 0 Å². The third-order valence-corrected chi connectivity index (χ3v) is 5.16. The summed E-state index contributed by atoms with van der Waals surface area (Å²) in [5.74, 6) is 0.754. The number of fused-ring (bicyclic) bond motifs is 3. The minimum atomic E-state index is -0.341. The molecule has 1 aromatic heterocycles. The van der Waals surface area contributed by atoms with Crippen LogP contribution in [0.5, 0.6) is 11.6 Å². The SMILES string of the molecule is CC(C)NC(=O)N1C[C@@H](COc2cnccn2)[C@@H]2COc3ccc(F)cc3[C@@H]21. The fourth-order valence-electron chi connectivity index (χ4n) is 3.95. The molecule has 0 radical (unpaired) electrons. The highest BCUT2D eigenvalue weighted by molar-refractivity contribution is 5.76. The smallest absolute Gasteiger partial charge is 0.318 e. The molecule has 2 amide bonds. The highest BCUT2D eigenvalue weighted by atomic mass is 19.1. The summed E-state index contributed by atoms with van der Waals surface area (Å²) in [5, 5.41) is 2.95. The number of likely N-dealkylation sites (tertiary alicyclic amines) is 1. The van der Waals surface area contributed by atoms with E-state index < -0.39 is 0 Å². The van der Waals surface area contributed by atoms with E-state index in [9.17, 15) is 9.18 Å². The minimum absolute atomic E-state index is 0.00360. The number of aromatic nitrogens is 2. The molecule has 2 aromatic rings. The van der Waals surface area contributed by atoms with Crippen LogP contribution in [0.4, 0.5) is 9.18 Å². The average Bonchev–Trinajstić information content (AvgIpc) is 3.06. The molecule has 0 bridgehead atoms. The molecule has 28 heavy (non-hydrogen) atoms. The number of carbonyl (C=O) groups excluding carboxylic acids is 1. The molecular formula is C20H23FN4O3. The Balaban J connectivity index is 1.60. The predicted octanol–water partition coefficient (Wildman–Crippen LogP) is 2.79. The van der Waals surface area contributed by atoms with E-state index in [0.717, 1.165) is 0 Å². The first-order valence-corrected chi connectivity index (χ1v) is 9.41. The Morgan fingerprint density at radius 2 is 2.29 bits per heavy atom. The minimum Gasteiger partial charge on any atom is -0.493 e. The van der Waals surface area contributed by atoms with Crippen LogP contribution in [-0.2, 0) is 0 Å². The average molecular weight is 386 g/mol. The van der Waals surface area contributed by atoms with Gasteiger partial charge in [0, 0.05) is 42.4 Å². The highest BCUT2D eigenvalue weighted by Gasteiger charge is 2.48. The molecule has 2 aliphatic rings. The van der Waals surface area contributed by atoms with Gasteiger partial charge in [-0.1, -0.05) is 0 Å². The summed E-state index contributed by atoms with van der Waals surface area (Å²) in [6.45, 7) is 5.14. The third kappa shape index (κ3) is 3.58. The molecule has 3 atom stereocenters. The van der Waals surface area contributed by atoms with Crippen LogP contribution >= 0.6 is 0 Å². The van der Waals surface area contributed by atoms with E-state index in [2.05, 4.69) is 15.3 Å². The van der Waals surface area contributed by atoms with Gasteiger partial charge in [-0.3, -0.25) is 4.98 Å². The quantitative estimate of drug-likeness (QED) is 0.874. The number of ether oxygens (including phenoxy) is 2. The van der Waals surface area contributed by atoms with E-state index in [0.29, 0.717) is 37.0 Å². The fourth-order valence-corrected chi connectivity index (χ4v) is 3.95. The van der Waals surface area contributed by atoms with Gasteiger partial charge in [0.1, 0.15) is 11.6 Å². The number of benzene rings is 1. The predicted molar refractivity (Wildman–Crippen MR) is 99.5 cm³/mol. The maximum Gasteiger partial charge on any atom is 0.318 e. The summed E-state index contributed by atoms with van der Waals surface area (Å²) in [5.41, 5.74) is 0.706. The Morgan fingerprint density at radius 3 is 3.04 bits per heavy atom. The van der Waals surface area contributed by atoms with Crippen LogP contribution in [0, 0.1) is 17.7 Å². The van der Waals surface area contributed by atoms with Crippen molar-refractivity contribution in [3.63, 3.8) is 0 Å². The van der Waals surface area contributed by atoms with Crippen molar-refractivity contribution in [1.82, 2.24) is 20.2 Å². The summed E-state index contributed by atoms with van der Waals surface area (Å²) in [4.78, 5) is 22.7. The number of nitrogens with one attached hydrogen (secondary N) is 1. The molecular weight excluding hydrogens is 363 g/mol. The van der Waals surface area contributed by atoms with Crippen molar-refractivity contribution in [2.24, 2.45) is 11.8 Å². The number of rotatable bonds is 4. The van der Waals surface area contributed by atoms with Crippen molar-refractivity contribution < 1.29 is 18.7 Å². The molecule has 3 heterocycles. The number of urea groups is 1. The van der Waals surface area contributed by atoms with Crippen LogP contribution in [0.25, 0.3) is 0 Å². The molecule has 2 aliphatic heterocycles. The van der Waals surface area contributed by atoms with Gasteiger partial charge < -0.3 is 19.7 Å². The molecule has 0 saturated carbocycles. The lowest BCUT2D eigenvalue weighted by molar-refractivity contribution is 0.126. The number of hydrogen-bond acceptors (Lipinski definition) is 5. The molecule has 0 aliphatic carbocycles. The number of nitrogens with zero attached hydrogens (tertiary/aromatic N) is 3. The van der Waals surface area contributed by atoms with E-state index in [-0.39, 0.29) is 35.8 Å². The molecule has 7 nitrogen and oxygen atoms in total. The molecule has 8 heteroatoms. The largest absolute Gasteiger partial charge is 0.493 e. The summed E-state index contributed by atoms with van der Waals surface area (Å²) in [7, 11) is 0. The molecule has 1 aromatic carbocycles. The zero-order chi connectivity index (χ0) is 19.7. The molecule has 1 saturated heterocycles. The first-order valence-electron chi connectivity index (χ1n) is 9.41. The second-order valence-corrected chi connectivity index (χ2v) is 7.47. The summed E-state index contributed by atoms with van der Waals surface area (Å²) in [6, 6.07) is 4.06. The highest BCUT2D eigenvalue weighted by Crippen LogP contribution is 2.47. The number of amides is 2. The number of hydrogen-bond donors (Lipinski definition) is 1. The molecule has 0 spiro atoms. The lowest BCUT2D eigenvalue weighted by Gasteiger charge is -2.34. The Kier molecular flexibility index (Phi) is 5.02. The van der Waals surface area contributed by atoms with Crippen molar-refractivity contribution in [1.29, 1.82) is 0 Å². The summed E-state index contributed by atoms with van der Waals surface area (Å²) >= 11 is 0. The first kappa shape index (κ1) is 18.5. The van der Waals surface area contributed by atoms with Crippen LogP contribution in [0.15, 0.2) is 36.8 Å². The van der Waals surface area contributed by atoms with Gasteiger partial charge in [-0.15, -0.1) is 0 Å². The van der Waals surface area contributed by atoms with E-state index in [1.54, 1.807) is 29.6 Å². The van der Waals surface area contributed by atoms with Gasteiger partial charge in [0.05, 0.1) is 25.5 Å². The van der Waals surface area contributed by atoms with Gasteiger partial charge in [0.2, 0.25) is 5.88 Å². The van der Waals surface area contributed by atoms with Gasteiger partial charge in [0.25, 0.3) is 0 Å². The number of carbonyl (C=O) groups is 1. The van der Waals surface area contributed by atoms with Crippen LogP contribution < -0.4 is 14.8 Å². The second-order valence-electron chi connectivity index (χ2n) is 7.47. The van der Waals surface area contributed by atoms with E-state index in [1.165, 1.54) is 12.1 Å². The lowest BCUT2D eigenvalue weighted by atomic mass is 9.85. The fraction of sp³-hybridized carbons (Fsp3) is 0.450. The molecule has 4 rings (SSSR count). The maximum absolute atomic E-state index is 13.9. The zero-order valence-electron chi connectivity index (χ0n) is 15.8. The Morgan fingerprint density at radius 1 is 1.43 bits per heavy atom. The van der Waals surface area contributed by atoms with Crippen LogP contribution in [0.3, 0.4) is 0 Å². The number of halogens is 1. The van der Waals surface area contributed by atoms with Crippen molar-refractivity contribution >= 4 is 6.03 Å². The van der Waals surface area contributed by atoms with Crippen molar-refractivity contribution in [2.75, 3.05) is 19.8 Å². The molecule has 0 unspecified atom stereocenters. The Hall–Kier alpha value is -2.90. The Labute approximate surface area is 162 Å². The van der Waals surface area contributed by atoms with Crippen molar-refractivity contribution in [3.8, 4) is 11.6 Å². The molecule has 148 valence electrons. The maximum atomic E-state index is 13.9. The Bertz CT molecular complexity index is 849. The molecule has 1 fully saturated rings. The van der Waals surface area contributed by atoms with Crippen LogP contribution in [0.1, 0.15) is 25.5 Å². The standard InChI is InChI=1S/C20H23FN4O3/c1-12(2)24-20(26)25-9-13(10-28-18-8-22-5-6-23-18)16-11-27-17-4-3-14(21)7-15(17)19(16)25/h3-8,12-13,16,19H,9-11H2,1-2H3,(H,24,26)/t13-,16-,19-/m0/s1. The van der Waals surface area contributed by atoms with E-state index >= 15 is 0 Å². The zero-order valence-corrected chi connectivity index (χ0v) is 15.8. The monoisotopic (exact) mass is 386 g/mol. The van der Waals surface area contributed by atoms with E-state index in [1.807, 2.05) is 13.8 Å². The van der Waals surface area contributed by atoms with Gasteiger partial charge in [-0.05, 0) is 32.0 Å². The second kappa shape index (κ2) is 7.61. The molecule has 1 N–H and O–H groups in total. The first-order chi connectivity index (χ1) is 13.5. The third-order valence-electron chi connectivity index (χ3n) is 5.16. The van der Waals surface area contributed by atoms with Gasteiger partial charge in [-0.25, -0.2) is 14.2 Å². The lowest BCUT2D eigenvalue weighted by Crippen LogP contribution is -2.44. The van der Waals surface area contributed by atoms with Crippen LogP contribution in [-0.4, -0.2) is 46.7 Å².